The van der Waals surface area contributed by atoms with E-state index in [1.807, 2.05) is 91.6 Å². The number of cyclic esters (lactones) is 1. The number of para-hydroxylation sites is 1. The number of amides is 3. The van der Waals surface area contributed by atoms with Gasteiger partial charge in [-0.3, -0.25) is 19.2 Å². The zero-order chi connectivity index (χ0) is 53.4. The minimum Gasteiger partial charge on any atom is -0.458 e. The van der Waals surface area contributed by atoms with Crippen LogP contribution < -0.4 is 22.1 Å². The molecule has 0 aliphatic carbocycles. The number of fused-ring (bicyclic) bond motifs is 2. The van der Waals surface area contributed by atoms with Crippen molar-refractivity contribution in [3.63, 3.8) is 0 Å². The highest BCUT2D eigenvalue weighted by atomic mass is 32.2. The number of hydrogen-bond acceptors (Lipinski definition) is 15. The number of nitrogens with zero attached hydrogens (tertiary/aromatic N) is 3. The monoisotopic (exact) mass is 1000 g/mol. The lowest BCUT2D eigenvalue weighted by Crippen LogP contribution is -2.37. The molecule has 2 aliphatic rings. The van der Waals surface area contributed by atoms with E-state index in [2.05, 4.69) is 23.3 Å². The fraction of sp³-hybridized carbons (Fsp3) is 0.500. The van der Waals surface area contributed by atoms with Crippen molar-refractivity contribution < 1.29 is 56.1 Å². The molecule has 0 saturated heterocycles. The molecule has 0 spiro atoms. The molecule has 5 rings (SSSR count). The van der Waals surface area contributed by atoms with Crippen LogP contribution in [0.2, 0.25) is 0 Å². The lowest BCUT2D eigenvalue weighted by molar-refractivity contribution is -0.153. The summed E-state index contributed by atoms with van der Waals surface area (Å²) in [6, 6.07) is 13.7. The van der Waals surface area contributed by atoms with Gasteiger partial charge in [0.1, 0.15) is 26.1 Å². The molecule has 3 amide bonds. The van der Waals surface area contributed by atoms with E-state index in [1.165, 1.54) is 23.4 Å². The van der Waals surface area contributed by atoms with E-state index in [-0.39, 0.29) is 56.5 Å². The molecule has 3 heterocycles. The molecule has 20 heteroatoms. The molecule has 3 aromatic rings. The first-order chi connectivity index (χ1) is 33.5. The van der Waals surface area contributed by atoms with Gasteiger partial charge in [-0.1, -0.05) is 85.2 Å². The van der Waals surface area contributed by atoms with Crippen LogP contribution in [0.15, 0.2) is 65.8 Å². The molecule has 0 fully saturated rings. The quantitative estimate of drug-likeness (QED) is 0.0838. The Labute approximate surface area is 414 Å². The molecular weight excluding hydrogens is 923 g/mol. The van der Waals surface area contributed by atoms with E-state index >= 15 is 0 Å². The maximum Gasteiger partial charge on any atom is 0.509 e. The van der Waals surface area contributed by atoms with Crippen LogP contribution in [0.3, 0.4) is 0 Å². The Morgan fingerprint density at radius 2 is 1.63 bits per heavy atom. The van der Waals surface area contributed by atoms with Crippen LogP contribution >= 0.6 is 0 Å². The van der Waals surface area contributed by atoms with Crippen molar-refractivity contribution in [2.45, 2.75) is 114 Å². The van der Waals surface area contributed by atoms with E-state index < -0.39 is 40.1 Å². The summed E-state index contributed by atoms with van der Waals surface area (Å²) < 4.78 is 47.5. The van der Waals surface area contributed by atoms with Crippen LogP contribution in [-0.4, -0.2) is 124 Å². The molecule has 1 aromatic heterocycles. The van der Waals surface area contributed by atoms with Gasteiger partial charge in [0.15, 0.2) is 0 Å². The number of sulfonamides is 1. The Balaban J connectivity index is 0.00000305. The fourth-order valence-electron chi connectivity index (χ4n) is 6.62. The van der Waals surface area contributed by atoms with Gasteiger partial charge in [0, 0.05) is 60.6 Å². The average molecular weight is 1000 g/mol. The second kappa shape index (κ2) is 35.0. The van der Waals surface area contributed by atoms with Crippen molar-refractivity contribution in [3.8, 4) is 0 Å². The molecule has 1 atom stereocenters. The number of benzene rings is 2. The predicted molar refractivity (Wildman–Crippen MR) is 274 cm³/mol. The molecule has 0 saturated carbocycles. The fourth-order valence-corrected chi connectivity index (χ4v) is 7.81. The predicted octanol–water partition coefficient (Wildman–Crippen LogP) is 6.02. The van der Waals surface area contributed by atoms with Gasteiger partial charge in [0.25, 0.3) is 0 Å². The molecule has 6 N–H and O–H groups in total. The van der Waals surface area contributed by atoms with Crippen LogP contribution in [0.5, 0.6) is 0 Å². The summed E-state index contributed by atoms with van der Waals surface area (Å²) in [6.07, 6.45) is 3.55. The smallest absolute Gasteiger partial charge is 0.458 e. The Kier molecular flexibility index (Phi) is 31.9. The molecular formula is C50H77N7O12S. The Bertz CT molecular complexity index is 2280. The second-order valence-electron chi connectivity index (χ2n) is 14.7. The Morgan fingerprint density at radius 1 is 1.00 bits per heavy atom. The number of pyridine rings is 1. The highest BCUT2D eigenvalue weighted by molar-refractivity contribution is 7.88. The Morgan fingerprint density at radius 3 is 2.17 bits per heavy atom. The number of esters is 1. The molecule has 0 radical (unpaired) electrons. The van der Waals surface area contributed by atoms with Gasteiger partial charge >= 0.3 is 12.1 Å². The summed E-state index contributed by atoms with van der Waals surface area (Å²) in [5, 5.41) is 5.97. The number of unbranched alkanes of at least 4 members (excludes halogenated alkanes) is 1. The van der Waals surface area contributed by atoms with Gasteiger partial charge in [-0.25, -0.2) is 23.0 Å². The number of nitrogens with two attached hydrogens (primary N) is 2. The lowest BCUT2D eigenvalue weighted by Gasteiger charge is -2.25. The normalized spacial score (nSPS) is 14.0. The zero-order valence-corrected chi connectivity index (χ0v) is 43.9. The zero-order valence-electron chi connectivity index (χ0n) is 43.1. The maximum atomic E-state index is 13.1. The van der Waals surface area contributed by atoms with E-state index in [9.17, 15) is 32.4 Å². The van der Waals surface area contributed by atoms with Gasteiger partial charge in [-0.2, -0.15) is 4.31 Å². The van der Waals surface area contributed by atoms with Crippen molar-refractivity contribution in [1.29, 1.82) is 0 Å². The molecule has 19 nitrogen and oxygen atoms in total. The number of primary amides is 1. The summed E-state index contributed by atoms with van der Waals surface area (Å²) in [5.41, 5.74) is 14.1. The Hall–Kier alpha value is -6.22. The van der Waals surface area contributed by atoms with Crippen LogP contribution in [0.4, 0.5) is 10.5 Å². The van der Waals surface area contributed by atoms with Gasteiger partial charge in [0.05, 0.1) is 29.7 Å². The number of anilines is 1. The van der Waals surface area contributed by atoms with E-state index in [0.717, 1.165) is 23.1 Å². The summed E-state index contributed by atoms with van der Waals surface area (Å²) in [5.74, 6) is -1.76. The molecule has 2 aliphatic heterocycles. The first-order valence-electron chi connectivity index (χ1n) is 23.6. The number of carbonyl (C=O) groups is 6. The third-order valence-corrected chi connectivity index (χ3v) is 11.1. The summed E-state index contributed by atoms with van der Waals surface area (Å²) in [7, 11) is -1.65. The van der Waals surface area contributed by atoms with E-state index in [0.29, 0.717) is 54.0 Å². The standard InChI is InChI=1S/C39H45N5O11S.C4H11N.3C2H6.CH3NO/c1-6-52-23-35(47)40-18-34(46)41-27-13-11-25(12-14-27)21-54-39(49)55-37-30(26(20-45)22-53-38(37)48)17-33-36-31(19-43(33)4)28(29-9-7-8-10-32(29)42-36)15-16-44(24(2)3)56(5,50)51;1-2-3-4-5;3*1-2;2-1-3/h7-14,17,20,24,37H,6,15-16,18-19,21-23H2,1-5H3,(H,40,47)(H,41,46);2-5H2,1H3;3*1-2H3;1H,(H2,2,3)/b33-17-;;;;;. The number of rotatable bonds is 18. The van der Waals surface area contributed by atoms with Crippen LogP contribution in [0.1, 0.15) is 104 Å². The number of aromatic nitrogens is 1. The minimum atomic E-state index is -3.47. The number of hydrogen-bond donors (Lipinski definition) is 4. The van der Waals surface area contributed by atoms with Crippen LogP contribution in [0.25, 0.3) is 16.6 Å². The van der Waals surface area contributed by atoms with E-state index in [4.69, 9.17) is 34.5 Å². The van der Waals surface area contributed by atoms with Gasteiger partial charge < -0.3 is 45.9 Å². The summed E-state index contributed by atoms with van der Waals surface area (Å²) >= 11 is 0. The van der Waals surface area contributed by atoms with Crippen molar-refractivity contribution >= 4 is 68.9 Å². The minimum absolute atomic E-state index is 0.0879. The van der Waals surface area contributed by atoms with Gasteiger partial charge in [-0.05, 0) is 75.6 Å². The number of carbonyl (C=O) groups excluding carboxylic acids is 6. The van der Waals surface area contributed by atoms with Crippen LogP contribution in [-0.2, 0) is 72.5 Å². The number of aldehydes is 1. The maximum absolute atomic E-state index is 13.1. The van der Waals surface area contributed by atoms with Gasteiger partial charge in [-0.15, -0.1) is 0 Å². The molecule has 390 valence electrons. The number of nitrogens with one attached hydrogen (secondary N) is 2. The highest BCUT2D eigenvalue weighted by Gasteiger charge is 2.37. The van der Waals surface area contributed by atoms with Crippen LogP contribution in [0, 0.1) is 0 Å². The first kappa shape index (κ1) is 63.8. The molecule has 1 unspecified atom stereocenters. The molecule has 70 heavy (non-hydrogen) atoms. The SMILES string of the molecule is CC.CC.CC.CCCCN.CCOCC(=O)NCC(=O)Nc1ccc(COC(=O)OC2C(=O)OCC(C=O)=C2/C=C2/c3nc4ccccc4c(CCN(C(C)C)S(C)(=O)=O)c3CN2C)cc1.NC=O. The van der Waals surface area contributed by atoms with E-state index in [1.54, 1.807) is 37.3 Å². The third-order valence-electron chi connectivity index (χ3n) is 9.67. The number of ether oxygens (including phenoxy) is 4. The largest absolute Gasteiger partial charge is 0.509 e. The summed E-state index contributed by atoms with van der Waals surface area (Å²) in [4.78, 5) is 77.5. The van der Waals surface area contributed by atoms with Crippen molar-refractivity contribution in [1.82, 2.24) is 19.5 Å². The highest BCUT2D eigenvalue weighted by Crippen LogP contribution is 2.38. The lowest BCUT2D eigenvalue weighted by atomic mass is 9.96. The second-order valence-corrected chi connectivity index (χ2v) is 16.7. The molecule has 0 bridgehead atoms. The summed E-state index contributed by atoms with van der Waals surface area (Å²) in [6.45, 7) is 20.4. The molecule has 2 aromatic carbocycles. The van der Waals surface area contributed by atoms with Crippen molar-refractivity contribution in [2.75, 3.05) is 58.1 Å². The third kappa shape index (κ3) is 20.8. The first-order valence-corrected chi connectivity index (χ1v) is 25.4. The van der Waals surface area contributed by atoms with Crippen molar-refractivity contribution in [2.24, 2.45) is 11.5 Å². The average Bonchev–Trinajstić information content (AvgIpc) is 3.66. The van der Waals surface area contributed by atoms with Gasteiger partial charge in [0.2, 0.25) is 34.4 Å². The topological polar surface area (TPSA) is 269 Å². The van der Waals surface area contributed by atoms with Crippen molar-refractivity contribution in [3.05, 3.63) is 88.1 Å².